The molecule has 0 N–H and O–H groups in total. The van der Waals surface area contributed by atoms with Gasteiger partial charge in [-0.1, -0.05) is 64.5 Å². The zero-order valence-corrected chi connectivity index (χ0v) is 21.1. The van der Waals surface area contributed by atoms with E-state index in [0.717, 1.165) is 17.8 Å². The van der Waals surface area contributed by atoms with Crippen molar-refractivity contribution in [2.75, 3.05) is 0 Å². The molecule has 5 heteroatoms. The Morgan fingerprint density at radius 3 is 2.74 bits per heavy atom. The van der Waals surface area contributed by atoms with E-state index in [9.17, 15) is 9.18 Å². The van der Waals surface area contributed by atoms with Gasteiger partial charge in [0.05, 0.1) is 5.52 Å². The molecular formula is C29H40FN3O. The Kier molecular flexibility index (Phi) is 5.42. The smallest absolute Gasteiger partial charge is 0.158 e. The predicted molar refractivity (Wildman–Crippen MR) is 131 cm³/mol. The summed E-state index contributed by atoms with van der Waals surface area (Å²) >= 11 is 0. The van der Waals surface area contributed by atoms with Crippen molar-refractivity contribution in [3.8, 4) is 0 Å². The lowest BCUT2D eigenvalue weighted by molar-refractivity contribution is -0.142. The number of halogens is 1. The minimum Gasteiger partial charge on any atom is -0.297 e. The largest absolute Gasteiger partial charge is 0.297 e. The number of benzene rings is 1. The topological polar surface area (TPSA) is 47.8 Å². The Bertz CT molecular complexity index is 1100. The highest BCUT2D eigenvalue weighted by Gasteiger charge is 2.77. The highest BCUT2D eigenvalue weighted by atomic mass is 19.1. The van der Waals surface area contributed by atoms with Gasteiger partial charge in [-0.3, -0.25) is 4.79 Å². The second-order valence-electron chi connectivity index (χ2n) is 12.7. The molecule has 1 heterocycles. The number of hydrogen-bond acceptors (Lipinski definition) is 3. The molecule has 2 bridgehead atoms. The highest BCUT2D eigenvalue weighted by molar-refractivity contribution is 5.85. The zero-order valence-electron chi connectivity index (χ0n) is 21.1. The summed E-state index contributed by atoms with van der Waals surface area (Å²) < 4.78 is 15.5. The van der Waals surface area contributed by atoms with E-state index >= 15 is 0 Å². The molecule has 5 aliphatic carbocycles. The van der Waals surface area contributed by atoms with Crippen LogP contribution in [0.25, 0.3) is 11.0 Å². The van der Waals surface area contributed by atoms with Crippen LogP contribution in [0.3, 0.4) is 0 Å². The van der Waals surface area contributed by atoms with E-state index in [-0.39, 0.29) is 23.7 Å². The van der Waals surface area contributed by atoms with Crippen molar-refractivity contribution >= 4 is 16.8 Å². The molecule has 8 atom stereocenters. The number of hydrogen-bond donors (Lipinski definition) is 0. The van der Waals surface area contributed by atoms with E-state index in [0.29, 0.717) is 34.1 Å². The van der Waals surface area contributed by atoms with Crippen molar-refractivity contribution in [2.24, 2.45) is 46.3 Å². The van der Waals surface area contributed by atoms with Gasteiger partial charge in [-0.2, -0.15) is 0 Å². The molecule has 0 amide bonds. The minimum absolute atomic E-state index is 0.0916. The summed E-state index contributed by atoms with van der Waals surface area (Å²) in [6.45, 7) is 7.58. The van der Waals surface area contributed by atoms with E-state index in [1.807, 2.05) is 0 Å². The molecule has 1 spiro atoms. The average molecular weight is 466 g/mol. The lowest BCUT2D eigenvalue weighted by Crippen LogP contribution is -2.55. The van der Waals surface area contributed by atoms with E-state index in [2.05, 4.69) is 31.1 Å². The van der Waals surface area contributed by atoms with Crippen molar-refractivity contribution < 1.29 is 9.18 Å². The average Bonchev–Trinajstić information content (AvgIpc) is 3.40. The number of nitrogens with zero attached hydrogens (tertiary/aromatic N) is 3. The van der Waals surface area contributed by atoms with Gasteiger partial charge in [-0.25, -0.2) is 9.07 Å². The molecule has 5 fully saturated rings. The molecule has 1 aromatic carbocycles. The lowest BCUT2D eigenvalue weighted by atomic mass is 9.42. The number of Topliss-reactive ketones (excluding diaryl/α,β-unsaturated/α-hetero) is 1. The van der Waals surface area contributed by atoms with E-state index in [1.165, 1.54) is 76.3 Å². The van der Waals surface area contributed by atoms with Gasteiger partial charge < -0.3 is 0 Å². The van der Waals surface area contributed by atoms with Crippen molar-refractivity contribution in [3.05, 3.63) is 24.0 Å². The fourth-order valence-electron chi connectivity index (χ4n) is 9.77. The molecule has 5 saturated carbocycles. The van der Waals surface area contributed by atoms with Gasteiger partial charge in [-0.05, 0) is 78.2 Å². The maximum absolute atomic E-state index is 13.9. The van der Waals surface area contributed by atoms with Gasteiger partial charge in [-0.15, -0.1) is 5.10 Å². The third-order valence-electron chi connectivity index (χ3n) is 11.3. The first kappa shape index (κ1) is 22.7. The summed E-state index contributed by atoms with van der Waals surface area (Å²) in [5, 5.41) is 8.39. The summed E-state index contributed by atoms with van der Waals surface area (Å²) in [5.74, 6) is 3.72. The highest BCUT2D eigenvalue weighted by Crippen LogP contribution is 2.82. The maximum atomic E-state index is 13.9. The number of rotatable bonds is 3. The maximum Gasteiger partial charge on any atom is 0.158 e. The van der Waals surface area contributed by atoms with Crippen LogP contribution in [-0.4, -0.2) is 20.8 Å². The fourth-order valence-corrected chi connectivity index (χ4v) is 9.77. The van der Waals surface area contributed by atoms with Crippen LogP contribution < -0.4 is 0 Å². The molecule has 2 aromatic rings. The molecule has 0 aliphatic heterocycles. The van der Waals surface area contributed by atoms with Crippen LogP contribution in [0, 0.1) is 52.2 Å². The van der Waals surface area contributed by atoms with Crippen LogP contribution in [0.4, 0.5) is 4.39 Å². The first-order chi connectivity index (χ1) is 16.3. The lowest BCUT2D eigenvalue weighted by Gasteiger charge is -2.62. The van der Waals surface area contributed by atoms with Crippen LogP contribution in [0.5, 0.6) is 0 Å². The van der Waals surface area contributed by atoms with Gasteiger partial charge in [0, 0.05) is 12.0 Å². The summed E-state index contributed by atoms with van der Waals surface area (Å²) in [6, 6.07) is 4.50. The Morgan fingerprint density at radius 1 is 1.12 bits per heavy atom. The summed E-state index contributed by atoms with van der Waals surface area (Å²) in [7, 11) is 0. The minimum atomic E-state index is -0.310. The summed E-state index contributed by atoms with van der Waals surface area (Å²) in [5.41, 5.74) is 1.70. The van der Waals surface area contributed by atoms with Crippen molar-refractivity contribution in [1.82, 2.24) is 15.0 Å². The van der Waals surface area contributed by atoms with Crippen LogP contribution >= 0.6 is 0 Å². The first-order valence-electron chi connectivity index (χ1n) is 13.9. The summed E-state index contributed by atoms with van der Waals surface area (Å²) in [4.78, 5) is 13.9. The quantitative estimate of drug-likeness (QED) is 0.499. The fraction of sp³-hybridized carbons (Fsp3) is 0.759. The standard InChI is InChI=1S/C29H40FN3O/c1-18-7-4-5-10-23-20(9-6-8-18)13-14-28(3)27(22-16-29(23,28)19(22)2)26(34)17-33-25-15-21(30)11-12-24(25)31-32-33/h11-12,15,18-20,22-23,27H,4-10,13-14,16-17H2,1-3H3/t18-,19-,20?,22-,23-,27-,28-,29+/m1/s1. The molecule has 4 nitrogen and oxygen atoms in total. The Hall–Kier alpha value is -1.78. The Morgan fingerprint density at radius 2 is 1.91 bits per heavy atom. The first-order valence-corrected chi connectivity index (χ1v) is 13.9. The van der Waals surface area contributed by atoms with Gasteiger partial charge in [0.2, 0.25) is 0 Å². The second-order valence-corrected chi connectivity index (χ2v) is 12.7. The molecule has 5 aliphatic rings. The molecule has 7 rings (SSSR count). The predicted octanol–water partition coefficient (Wildman–Crippen LogP) is 6.82. The molecule has 184 valence electrons. The van der Waals surface area contributed by atoms with Gasteiger partial charge in [0.25, 0.3) is 0 Å². The van der Waals surface area contributed by atoms with Crippen LogP contribution in [0.2, 0.25) is 0 Å². The Balaban J connectivity index is 1.28. The van der Waals surface area contributed by atoms with E-state index in [4.69, 9.17) is 0 Å². The van der Waals surface area contributed by atoms with E-state index in [1.54, 1.807) is 10.7 Å². The second kappa shape index (κ2) is 8.13. The van der Waals surface area contributed by atoms with Crippen LogP contribution in [0.15, 0.2) is 18.2 Å². The van der Waals surface area contributed by atoms with Gasteiger partial charge >= 0.3 is 0 Å². The number of carbonyl (C=O) groups is 1. The Labute approximate surface area is 203 Å². The molecule has 1 unspecified atom stereocenters. The number of ketones is 1. The van der Waals surface area contributed by atoms with Crippen molar-refractivity contribution in [3.63, 3.8) is 0 Å². The van der Waals surface area contributed by atoms with Crippen molar-refractivity contribution in [1.29, 1.82) is 0 Å². The monoisotopic (exact) mass is 465 g/mol. The summed E-state index contributed by atoms with van der Waals surface area (Å²) in [6.07, 6.45) is 13.3. The van der Waals surface area contributed by atoms with Gasteiger partial charge in [0.15, 0.2) is 5.78 Å². The van der Waals surface area contributed by atoms with Crippen molar-refractivity contribution in [2.45, 2.75) is 91.5 Å². The number of fused-ring (bicyclic) bond motifs is 2. The van der Waals surface area contributed by atoms with Gasteiger partial charge in [0.1, 0.15) is 17.9 Å². The number of carbonyl (C=O) groups excluding carboxylic acids is 1. The third kappa shape index (κ3) is 3.10. The zero-order chi connectivity index (χ0) is 23.7. The molecule has 1 aromatic heterocycles. The number of aromatic nitrogens is 3. The van der Waals surface area contributed by atoms with E-state index < -0.39 is 0 Å². The molecular weight excluding hydrogens is 425 g/mol. The molecule has 34 heavy (non-hydrogen) atoms. The third-order valence-corrected chi connectivity index (χ3v) is 11.3. The van der Waals surface area contributed by atoms with Crippen LogP contribution in [-0.2, 0) is 11.3 Å². The van der Waals surface area contributed by atoms with Crippen LogP contribution in [0.1, 0.15) is 85.0 Å². The molecule has 0 saturated heterocycles. The SMILES string of the molecule is C[C@@H]1CCCC[C@@H]2C(CCC1)CC[C@]1(C)[C@@H](C(=O)Cn3nnc4ccc(F)cc43)[C@@H]3C[C@]21[C@@H]3C. The molecule has 0 radical (unpaired) electrons. The normalized spacial score (nSPS) is 42.0.